The second kappa shape index (κ2) is 6.06. The number of imidazole rings is 1. The van der Waals surface area contributed by atoms with Crippen molar-refractivity contribution in [2.45, 2.75) is 25.7 Å². The van der Waals surface area contributed by atoms with Crippen molar-refractivity contribution in [3.8, 4) is 23.1 Å². The van der Waals surface area contributed by atoms with Crippen molar-refractivity contribution in [3.05, 3.63) is 65.8 Å². The summed E-state index contributed by atoms with van der Waals surface area (Å²) in [6.45, 7) is 2.00. The summed E-state index contributed by atoms with van der Waals surface area (Å²) in [6.07, 6.45) is 6.19. The fourth-order valence-corrected chi connectivity index (χ4v) is 3.12. The largest absolute Gasteiger partial charge is 0.327 e. The molecule has 0 radical (unpaired) electrons. The summed E-state index contributed by atoms with van der Waals surface area (Å²) in [5, 5.41) is 4.58. The Hall–Kier alpha value is -3.46. The highest BCUT2D eigenvalue weighted by molar-refractivity contribution is 5.59. The van der Waals surface area contributed by atoms with Gasteiger partial charge in [-0.3, -0.25) is 0 Å². The third kappa shape index (κ3) is 2.87. The molecule has 0 spiro atoms. The fourth-order valence-electron chi connectivity index (χ4n) is 3.12. The highest BCUT2D eigenvalue weighted by Crippen LogP contribution is 2.38. The SMILES string of the molecule is Cc1cnc(C2CC2)n2nc(C#Cc3nc(-c4ccccc4)cn3C)nc12. The first kappa shape index (κ1) is 15.8. The molecule has 1 aliphatic carbocycles. The summed E-state index contributed by atoms with van der Waals surface area (Å²) in [5.41, 5.74) is 3.81. The van der Waals surface area contributed by atoms with E-state index >= 15 is 0 Å². The highest BCUT2D eigenvalue weighted by atomic mass is 15.3. The Morgan fingerprint density at radius 3 is 2.67 bits per heavy atom. The topological polar surface area (TPSA) is 60.9 Å². The second-order valence-corrected chi connectivity index (χ2v) is 6.92. The molecule has 3 aromatic heterocycles. The maximum Gasteiger partial charge on any atom is 0.226 e. The molecule has 0 bridgehead atoms. The van der Waals surface area contributed by atoms with E-state index in [0.717, 1.165) is 28.3 Å². The summed E-state index contributed by atoms with van der Waals surface area (Å²) >= 11 is 0. The quantitative estimate of drug-likeness (QED) is 0.519. The van der Waals surface area contributed by atoms with E-state index in [0.29, 0.717) is 17.6 Å². The summed E-state index contributed by atoms with van der Waals surface area (Å²) in [5.74, 6) is 8.84. The van der Waals surface area contributed by atoms with Crippen molar-refractivity contribution in [2.24, 2.45) is 7.05 Å². The first-order chi connectivity index (χ1) is 13.2. The molecular formula is C21H18N6. The van der Waals surface area contributed by atoms with Gasteiger partial charge >= 0.3 is 0 Å². The van der Waals surface area contributed by atoms with Crippen LogP contribution in [0.5, 0.6) is 0 Å². The summed E-state index contributed by atoms with van der Waals surface area (Å²) in [6, 6.07) is 10.1. The molecule has 5 rings (SSSR count). The van der Waals surface area contributed by atoms with Crippen molar-refractivity contribution in [3.63, 3.8) is 0 Å². The van der Waals surface area contributed by atoms with E-state index < -0.39 is 0 Å². The Balaban J connectivity index is 1.52. The zero-order chi connectivity index (χ0) is 18.4. The van der Waals surface area contributed by atoms with Crippen molar-refractivity contribution in [1.82, 2.24) is 29.1 Å². The van der Waals surface area contributed by atoms with Crippen molar-refractivity contribution in [1.29, 1.82) is 0 Å². The van der Waals surface area contributed by atoms with Crippen molar-refractivity contribution in [2.75, 3.05) is 0 Å². The van der Waals surface area contributed by atoms with Crippen LogP contribution in [-0.2, 0) is 7.05 Å². The number of hydrogen-bond donors (Lipinski definition) is 0. The van der Waals surface area contributed by atoms with E-state index in [-0.39, 0.29) is 0 Å². The number of benzene rings is 1. The fraction of sp³-hybridized carbons (Fsp3) is 0.238. The maximum atomic E-state index is 4.64. The molecule has 6 heteroatoms. The number of rotatable bonds is 2. The Morgan fingerprint density at radius 1 is 1.07 bits per heavy atom. The van der Waals surface area contributed by atoms with Crippen LogP contribution in [0.2, 0.25) is 0 Å². The average Bonchev–Trinajstić information content (AvgIpc) is 3.32. The first-order valence-corrected chi connectivity index (χ1v) is 9.02. The minimum atomic E-state index is 0.497. The minimum Gasteiger partial charge on any atom is -0.327 e. The maximum absolute atomic E-state index is 4.64. The number of aryl methyl sites for hydroxylation is 2. The van der Waals surface area contributed by atoms with E-state index in [1.54, 1.807) is 0 Å². The average molecular weight is 354 g/mol. The van der Waals surface area contributed by atoms with Gasteiger partial charge in [-0.25, -0.2) is 9.97 Å². The molecule has 132 valence electrons. The van der Waals surface area contributed by atoms with Crippen LogP contribution in [0.25, 0.3) is 16.9 Å². The van der Waals surface area contributed by atoms with Crippen LogP contribution < -0.4 is 0 Å². The lowest BCUT2D eigenvalue weighted by atomic mass is 10.2. The molecule has 0 atom stereocenters. The van der Waals surface area contributed by atoms with E-state index in [1.807, 2.05) is 65.8 Å². The molecule has 0 unspecified atom stereocenters. The van der Waals surface area contributed by atoms with Gasteiger partial charge in [0.1, 0.15) is 5.82 Å². The summed E-state index contributed by atoms with van der Waals surface area (Å²) < 4.78 is 3.78. The molecule has 4 aromatic rings. The number of aromatic nitrogens is 6. The van der Waals surface area contributed by atoms with Crippen LogP contribution in [0.15, 0.2) is 42.7 Å². The van der Waals surface area contributed by atoms with E-state index in [9.17, 15) is 0 Å². The van der Waals surface area contributed by atoms with Gasteiger partial charge in [0.25, 0.3) is 0 Å². The molecule has 1 fully saturated rings. The number of hydrogen-bond acceptors (Lipinski definition) is 4. The Kier molecular flexibility index (Phi) is 3.54. The minimum absolute atomic E-state index is 0.497. The third-order valence-electron chi connectivity index (χ3n) is 4.74. The van der Waals surface area contributed by atoms with Crippen LogP contribution in [0.1, 0.15) is 41.8 Å². The lowest BCUT2D eigenvalue weighted by Crippen LogP contribution is -2.02. The standard InChI is InChI=1S/C21H18N6/c1-14-12-22-21(16-8-9-16)27-20(14)24-18(25-27)10-11-19-23-17(13-26(19)2)15-6-4-3-5-7-15/h3-7,12-13,16H,8-9H2,1-2H3. The Bertz CT molecular complexity index is 1200. The Labute approximate surface area is 156 Å². The van der Waals surface area contributed by atoms with Crippen molar-refractivity contribution >= 4 is 5.65 Å². The molecule has 6 nitrogen and oxygen atoms in total. The molecule has 0 aliphatic heterocycles. The Morgan fingerprint density at radius 2 is 1.89 bits per heavy atom. The lowest BCUT2D eigenvalue weighted by Gasteiger charge is -2.01. The lowest BCUT2D eigenvalue weighted by molar-refractivity contribution is 0.795. The van der Waals surface area contributed by atoms with E-state index in [2.05, 4.69) is 31.9 Å². The number of fused-ring (bicyclic) bond motifs is 1. The zero-order valence-electron chi connectivity index (χ0n) is 15.2. The van der Waals surface area contributed by atoms with Gasteiger partial charge in [0.15, 0.2) is 11.5 Å². The molecule has 27 heavy (non-hydrogen) atoms. The monoisotopic (exact) mass is 354 g/mol. The molecule has 1 saturated carbocycles. The number of nitrogens with zero attached hydrogens (tertiary/aromatic N) is 6. The molecular weight excluding hydrogens is 336 g/mol. The van der Waals surface area contributed by atoms with E-state index in [1.165, 1.54) is 12.8 Å². The van der Waals surface area contributed by atoms with Gasteiger partial charge in [-0.05, 0) is 31.6 Å². The van der Waals surface area contributed by atoms with Gasteiger partial charge in [0, 0.05) is 36.5 Å². The summed E-state index contributed by atoms with van der Waals surface area (Å²) in [7, 11) is 1.94. The molecule has 1 aliphatic rings. The molecule has 0 N–H and O–H groups in total. The van der Waals surface area contributed by atoms with Gasteiger partial charge in [0.05, 0.1) is 5.69 Å². The van der Waals surface area contributed by atoms with Gasteiger partial charge in [-0.1, -0.05) is 30.3 Å². The summed E-state index contributed by atoms with van der Waals surface area (Å²) in [4.78, 5) is 13.8. The van der Waals surface area contributed by atoms with Crippen molar-refractivity contribution < 1.29 is 0 Å². The molecule has 0 amide bonds. The van der Waals surface area contributed by atoms with Crippen LogP contribution in [0, 0.1) is 18.8 Å². The van der Waals surface area contributed by atoms with Crippen LogP contribution in [0.3, 0.4) is 0 Å². The molecule has 3 heterocycles. The van der Waals surface area contributed by atoms with Gasteiger partial charge in [-0.15, -0.1) is 5.10 Å². The predicted molar refractivity (Wildman–Crippen MR) is 102 cm³/mol. The van der Waals surface area contributed by atoms with Crippen LogP contribution in [-0.4, -0.2) is 29.1 Å². The van der Waals surface area contributed by atoms with Gasteiger partial charge in [-0.2, -0.15) is 9.50 Å². The smallest absolute Gasteiger partial charge is 0.226 e. The van der Waals surface area contributed by atoms with E-state index in [4.69, 9.17) is 0 Å². The second-order valence-electron chi connectivity index (χ2n) is 6.92. The van der Waals surface area contributed by atoms with Gasteiger partial charge < -0.3 is 4.57 Å². The van der Waals surface area contributed by atoms with Crippen LogP contribution >= 0.6 is 0 Å². The highest BCUT2D eigenvalue weighted by Gasteiger charge is 2.28. The zero-order valence-corrected chi connectivity index (χ0v) is 15.2. The molecule has 1 aromatic carbocycles. The van der Waals surface area contributed by atoms with Gasteiger partial charge in [0.2, 0.25) is 5.82 Å². The normalized spacial score (nSPS) is 13.6. The van der Waals surface area contributed by atoms with Crippen LogP contribution in [0.4, 0.5) is 0 Å². The predicted octanol–water partition coefficient (Wildman–Crippen LogP) is 3.11. The first-order valence-electron chi connectivity index (χ1n) is 9.02. The molecule has 0 saturated heterocycles. The third-order valence-corrected chi connectivity index (χ3v) is 4.74.